The molecule has 0 N–H and O–H groups in total. The summed E-state index contributed by atoms with van der Waals surface area (Å²) in [5.41, 5.74) is 0.566. The van der Waals surface area contributed by atoms with Gasteiger partial charge in [-0.25, -0.2) is 0 Å². The number of benzene rings is 2. The van der Waals surface area contributed by atoms with Crippen molar-refractivity contribution in [1.29, 1.82) is 0 Å². The Kier molecular flexibility index (Phi) is 4.55. The van der Waals surface area contributed by atoms with Crippen LogP contribution in [-0.2, 0) is 0 Å². The second-order valence-electron chi connectivity index (χ2n) is 4.28. The number of para-hydroxylation sites is 1. The average molecular weight is 305 g/mol. The van der Waals surface area contributed by atoms with Gasteiger partial charge in [0.15, 0.2) is 0 Å². The van der Waals surface area contributed by atoms with Gasteiger partial charge in [-0.15, -0.1) is 0 Å². The molecule has 21 heavy (non-hydrogen) atoms. The summed E-state index contributed by atoms with van der Waals surface area (Å²) in [5, 5.41) is 10.8. The molecule has 0 saturated carbocycles. The van der Waals surface area contributed by atoms with Crippen LogP contribution in [0.5, 0.6) is 0 Å². The molecule has 0 unspecified atom stereocenters. The lowest BCUT2D eigenvalue weighted by atomic mass is 10.1. The first-order valence-corrected chi connectivity index (χ1v) is 6.74. The van der Waals surface area contributed by atoms with E-state index < -0.39 is 4.92 Å². The summed E-state index contributed by atoms with van der Waals surface area (Å²) in [7, 11) is 0. The molecular weight excluding hydrogens is 292 g/mol. The van der Waals surface area contributed by atoms with Gasteiger partial charge >= 0.3 is 0 Å². The Hall–Kier alpha value is -2.40. The van der Waals surface area contributed by atoms with E-state index in [4.69, 9.17) is 11.6 Å². The molecule has 0 radical (unpaired) electrons. The molecular formula is C15H13ClN2O3. The fourth-order valence-electron chi connectivity index (χ4n) is 2.02. The number of nitro groups is 1. The van der Waals surface area contributed by atoms with Crippen molar-refractivity contribution in [3.05, 3.63) is 69.2 Å². The Morgan fingerprint density at radius 1 is 1.19 bits per heavy atom. The highest BCUT2D eigenvalue weighted by atomic mass is 35.5. The number of hydrogen-bond acceptors (Lipinski definition) is 3. The molecule has 0 atom stereocenters. The van der Waals surface area contributed by atoms with Gasteiger partial charge in [0, 0.05) is 18.3 Å². The first kappa shape index (κ1) is 15.0. The molecule has 5 nitrogen and oxygen atoms in total. The average Bonchev–Trinajstić information content (AvgIpc) is 2.49. The van der Waals surface area contributed by atoms with E-state index in [1.807, 2.05) is 25.1 Å². The normalized spacial score (nSPS) is 10.2. The molecule has 0 bridgehead atoms. The first-order valence-electron chi connectivity index (χ1n) is 6.36. The lowest BCUT2D eigenvalue weighted by molar-refractivity contribution is -0.384. The molecule has 0 aromatic heterocycles. The molecule has 0 aliphatic heterocycles. The van der Waals surface area contributed by atoms with Crippen molar-refractivity contribution in [3.63, 3.8) is 0 Å². The van der Waals surface area contributed by atoms with Crippen LogP contribution in [-0.4, -0.2) is 17.4 Å². The number of carbonyl (C=O) groups is 1. The largest absolute Gasteiger partial charge is 0.309 e. The Bertz CT molecular complexity index is 674. The predicted octanol–water partition coefficient (Wildman–Crippen LogP) is 3.91. The van der Waals surface area contributed by atoms with Gasteiger partial charge in [-0.2, -0.15) is 0 Å². The Morgan fingerprint density at radius 3 is 2.43 bits per heavy atom. The summed E-state index contributed by atoms with van der Waals surface area (Å²) in [4.78, 5) is 24.4. The number of amides is 1. The lowest BCUT2D eigenvalue weighted by Crippen LogP contribution is -2.30. The molecule has 0 fully saturated rings. The Balaban J connectivity index is 2.44. The van der Waals surface area contributed by atoms with E-state index in [1.54, 1.807) is 12.1 Å². The van der Waals surface area contributed by atoms with Crippen molar-refractivity contribution >= 4 is 28.9 Å². The predicted molar refractivity (Wildman–Crippen MR) is 81.9 cm³/mol. The van der Waals surface area contributed by atoms with E-state index >= 15 is 0 Å². The SMILES string of the molecule is CCN(C(=O)c1cccc([N+](=O)[O-])c1Cl)c1ccccc1. The van der Waals surface area contributed by atoms with Crippen LogP contribution >= 0.6 is 11.6 Å². The van der Waals surface area contributed by atoms with Crippen LogP contribution in [0.4, 0.5) is 11.4 Å². The highest BCUT2D eigenvalue weighted by molar-refractivity contribution is 6.36. The standard InChI is InChI=1S/C15H13ClN2O3/c1-2-17(11-7-4-3-5-8-11)15(19)12-9-6-10-13(14(12)16)18(20)21/h3-10H,2H2,1H3. The molecule has 0 aliphatic carbocycles. The van der Waals surface area contributed by atoms with E-state index in [2.05, 4.69) is 0 Å². The maximum Gasteiger partial charge on any atom is 0.288 e. The van der Waals surface area contributed by atoms with Crippen LogP contribution in [0.2, 0.25) is 5.02 Å². The lowest BCUT2D eigenvalue weighted by Gasteiger charge is -2.21. The third-order valence-electron chi connectivity index (χ3n) is 3.03. The first-order chi connectivity index (χ1) is 10.1. The van der Waals surface area contributed by atoms with Crippen molar-refractivity contribution in [2.45, 2.75) is 6.92 Å². The molecule has 0 aliphatic rings. The minimum atomic E-state index is -0.599. The van der Waals surface area contributed by atoms with Crippen molar-refractivity contribution in [1.82, 2.24) is 0 Å². The Labute approximate surface area is 126 Å². The third-order valence-corrected chi connectivity index (χ3v) is 3.43. The van der Waals surface area contributed by atoms with Crippen LogP contribution in [0.3, 0.4) is 0 Å². The van der Waals surface area contributed by atoms with Gasteiger partial charge in [-0.3, -0.25) is 14.9 Å². The van der Waals surface area contributed by atoms with Gasteiger partial charge in [-0.05, 0) is 25.1 Å². The molecule has 0 heterocycles. The van der Waals surface area contributed by atoms with Crippen molar-refractivity contribution in [3.8, 4) is 0 Å². The van der Waals surface area contributed by atoms with Crippen LogP contribution in [0.15, 0.2) is 48.5 Å². The van der Waals surface area contributed by atoms with E-state index in [0.717, 1.165) is 0 Å². The third kappa shape index (κ3) is 3.03. The van der Waals surface area contributed by atoms with Crippen LogP contribution < -0.4 is 4.90 Å². The smallest absolute Gasteiger partial charge is 0.288 e. The van der Waals surface area contributed by atoms with Crippen molar-refractivity contribution < 1.29 is 9.72 Å². The molecule has 2 aromatic carbocycles. The number of nitro benzene ring substituents is 1. The maximum atomic E-state index is 12.6. The van der Waals surface area contributed by atoms with Crippen molar-refractivity contribution in [2.24, 2.45) is 0 Å². The summed E-state index contributed by atoms with van der Waals surface area (Å²) < 4.78 is 0. The number of anilines is 1. The molecule has 0 saturated heterocycles. The number of halogens is 1. The monoisotopic (exact) mass is 304 g/mol. The number of hydrogen-bond donors (Lipinski definition) is 0. The highest BCUT2D eigenvalue weighted by Gasteiger charge is 2.23. The van der Waals surface area contributed by atoms with Crippen molar-refractivity contribution in [2.75, 3.05) is 11.4 Å². The topological polar surface area (TPSA) is 63.5 Å². The van der Waals surface area contributed by atoms with Gasteiger partial charge in [0.25, 0.3) is 11.6 Å². The number of carbonyl (C=O) groups excluding carboxylic acids is 1. The van der Waals surface area contributed by atoms with E-state index in [-0.39, 0.29) is 22.2 Å². The van der Waals surface area contributed by atoms with Crippen LogP contribution in [0, 0.1) is 10.1 Å². The minimum Gasteiger partial charge on any atom is -0.309 e. The van der Waals surface area contributed by atoms with Crippen LogP contribution in [0.1, 0.15) is 17.3 Å². The summed E-state index contributed by atoms with van der Waals surface area (Å²) >= 11 is 6.00. The highest BCUT2D eigenvalue weighted by Crippen LogP contribution is 2.29. The zero-order chi connectivity index (χ0) is 15.4. The minimum absolute atomic E-state index is 0.122. The van der Waals surface area contributed by atoms with E-state index in [9.17, 15) is 14.9 Å². The van der Waals surface area contributed by atoms with E-state index in [0.29, 0.717) is 12.2 Å². The molecule has 2 aromatic rings. The Morgan fingerprint density at radius 2 is 1.86 bits per heavy atom. The fourth-order valence-corrected chi connectivity index (χ4v) is 2.30. The molecule has 108 valence electrons. The van der Waals surface area contributed by atoms with Gasteiger partial charge in [0.2, 0.25) is 0 Å². The zero-order valence-electron chi connectivity index (χ0n) is 11.3. The molecule has 6 heteroatoms. The maximum absolute atomic E-state index is 12.6. The second kappa shape index (κ2) is 6.37. The number of rotatable bonds is 4. The molecule has 0 spiro atoms. The zero-order valence-corrected chi connectivity index (χ0v) is 12.1. The fraction of sp³-hybridized carbons (Fsp3) is 0.133. The second-order valence-corrected chi connectivity index (χ2v) is 4.66. The summed E-state index contributed by atoms with van der Waals surface area (Å²) in [5.74, 6) is -0.364. The molecule has 2 rings (SSSR count). The van der Waals surface area contributed by atoms with Gasteiger partial charge < -0.3 is 4.90 Å². The van der Waals surface area contributed by atoms with Gasteiger partial charge in [-0.1, -0.05) is 35.9 Å². The van der Waals surface area contributed by atoms with Crippen LogP contribution in [0.25, 0.3) is 0 Å². The summed E-state index contributed by atoms with van der Waals surface area (Å²) in [6.07, 6.45) is 0. The quantitative estimate of drug-likeness (QED) is 0.635. The molecule has 1 amide bonds. The van der Waals surface area contributed by atoms with Gasteiger partial charge in [0.05, 0.1) is 10.5 Å². The summed E-state index contributed by atoms with van der Waals surface area (Å²) in [6.45, 7) is 2.26. The van der Waals surface area contributed by atoms with E-state index in [1.165, 1.54) is 23.1 Å². The number of nitrogens with zero attached hydrogens (tertiary/aromatic N) is 2. The van der Waals surface area contributed by atoms with Gasteiger partial charge in [0.1, 0.15) is 5.02 Å². The summed E-state index contributed by atoms with van der Waals surface area (Å²) in [6, 6.07) is 13.3.